The number of hydrogen-bond acceptors (Lipinski definition) is 3. The van der Waals surface area contributed by atoms with E-state index in [4.69, 9.17) is 4.42 Å². The monoisotopic (exact) mass is 515 g/mol. The quantitative estimate of drug-likeness (QED) is 0.210. The summed E-state index contributed by atoms with van der Waals surface area (Å²) in [6.07, 6.45) is 17.2. The van der Waals surface area contributed by atoms with Gasteiger partial charge in [-0.25, -0.2) is 0 Å². The van der Waals surface area contributed by atoms with Crippen LogP contribution in [0.1, 0.15) is 101 Å². The molecule has 1 aromatic carbocycles. The first-order valence-electron chi connectivity index (χ1n) is 14.6. The van der Waals surface area contributed by atoms with E-state index in [0.29, 0.717) is 12.2 Å². The number of rotatable bonds is 14. The van der Waals surface area contributed by atoms with Crippen molar-refractivity contribution in [1.82, 2.24) is 9.47 Å². The van der Waals surface area contributed by atoms with E-state index in [-0.39, 0.29) is 30.4 Å². The van der Waals surface area contributed by atoms with E-state index in [1.54, 1.807) is 6.26 Å². The smallest absolute Gasteiger partial charge is 0.247 e. The average molecular weight is 516 g/mol. The topological polar surface area (TPSA) is 58.7 Å². The van der Waals surface area contributed by atoms with Crippen molar-refractivity contribution in [3.63, 3.8) is 0 Å². The molecule has 1 aliphatic carbocycles. The first kappa shape index (κ1) is 26.3. The van der Waals surface area contributed by atoms with Crippen LogP contribution in [0.3, 0.4) is 0 Å². The van der Waals surface area contributed by atoms with Crippen molar-refractivity contribution >= 4 is 17.5 Å². The van der Waals surface area contributed by atoms with Gasteiger partial charge < -0.3 is 13.9 Å². The number of amides is 2. The Labute approximate surface area is 226 Å². The molecule has 2 aromatic heterocycles. The van der Waals surface area contributed by atoms with E-state index in [2.05, 4.69) is 11.5 Å². The summed E-state index contributed by atoms with van der Waals surface area (Å²) < 4.78 is 7.96. The minimum Gasteiger partial charge on any atom is -0.467 e. The molecule has 0 radical (unpaired) electrons. The fourth-order valence-electron chi connectivity index (χ4n) is 5.74. The lowest BCUT2D eigenvalue weighted by molar-refractivity contribution is -0.136. The molecule has 2 amide bonds. The molecule has 1 aliphatic heterocycles. The Hall–Kier alpha value is -3.28. The van der Waals surface area contributed by atoms with Crippen LogP contribution >= 0.6 is 0 Å². The fourth-order valence-corrected chi connectivity index (χ4v) is 5.74. The van der Waals surface area contributed by atoms with Crippen molar-refractivity contribution in [2.75, 3.05) is 11.4 Å². The number of nitrogens with zero attached hydrogens (tertiary/aromatic N) is 3. The number of aromatic nitrogens is 1. The van der Waals surface area contributed by atoms with Gasteiger partial charge in [-0.2, -0.15) is 0 Å². The second-order valence-electron chi connectivity index (χ2n) is 10.8. The Morgan fingerprint density at radius 3 is 2.26 bits per heavy atom. The summed E-state index contributed by atoms with van der Waals surface area (Å²) in [4.78, 5) is 31.0. The number of fused-ring (bicyclic) bond motifs is 3. The lowest BCUT2D eigenvalue weighted by atomic mass is 10.0. The summed E-state index contributed by atoms with van der Waals surface area (Å²) in [6, 6.07) is 15.6. The molecule has 1 saturated carbocycles. The summed E-state index contributed by atoms with van der Waals surface area (Å²) in [6.45, 7) is 2.35. The lowest BCUT2D eigenvalue weighted by Gasteiger charge is -2.38. The summed E-state index contributed by atoms with van der Waals surface area (Å²) in [5, 5.41) is 0. The van der Waals surface area contributed by atoms with Crippen LogP contribution in [0.15, 0.2) is 65.4 Å². The van der Waals surface area contributed by atoms with Gasteiger partial charge in [0.15, 0.2) is 0 Å². The molecule has 38 heavy (non-hydrogen) atoms. The lowest BCUT2D eigenvalue weighted by Crippen LogP contribution is -2.47. The molecule has 2 aliphatic rings. The molecule has 0 bridgehead atoms. The Bertz CT molecular complexity index is 1190. The zero-order chi connectivity index (χ0) is 26.3. The third-order valence-electron chi connectivity index (χ3n) is 7.91. The highest BCUT2D eigenvalue weighted by atomic mass is 16.3. The summed E-state index contributed by atoms with van der Waals surface area (Å²) in [7, 11) is 0. The SMILES string of the molecule is CCCCCCCCCCCC(=O)N(CC(=O)N1c2ccccc2-n2cccc2C1c1ccco1)C1CC1. The van der Waals surface area contributed by atoms with Gasteiger partial charge in [-0.3, -0.25) is 14.5 Å². The van der Waals surface area contributed by atoms with Crippen molar-refractivity contribution in [2.24, 2.45) is 0 Å². The molecule has 0 saturated heterocycles. The number of benzene rings is 1. The van der Waals surface area contributed by atoms with Crippen molar-refractivity contribution in [2.45, 2.75) is 96.1 Å². The first-order chi connectivity index (χ1) is 18.7. The minimum absolute atomic E-state index is 0.0707. The highest BCUT2D eigenvalue weighted by Gasteiger charge is 2.40. The van der Waals surface area contributed by atoms with Crippen molar-refractivity contribution in [3.05, 3.63) is 72.4 Å². The van der Waals surface area contributed by atoms with E-state index in [0.717, 1.165) is 42.8 Å². The van der Waals surface area contributed by atoms with Gasteiger partial charge >= 0.3 is 0 Å². The van der Waals surface area contributed by atoms with Gasteiger partial charge in [-0.05, 0) is 55.7 Å². The van der Waals surface area contributed by atoms with E-state index in [9.17, 15) is 9.59 Å². The zero-order valence-electron chi connectivity index (χ0n) is 22.7. The normalized spacial score (nSPS) is 16.2. The van der Waals surface area contributed by atoms with E-state index in [1.165, 1.54) is 44.9 Å². The molecular weight excluding hydrogens is 474 g/mol. The molecule has 1 fully saturated rings. The molecule has 5 rings (SSSR count). The van der Waals surface area contributed by atoms with E-state index < -0.39 is 0 Å². The largest absolute Gasteiger partial charge is 0.467 e. The second-order valence-corrected chi connectivity index (χ2v) is 10.8. The van der Waals surface area contributed by atoms with Crippen molar-refractivity contribution in [3.8, 4) is 5.69 Å². The average Bonchev–Trinajstić information content (AvgIpc) is 3.40. The number of furan rings is 1. The van der Waals surface area contributed by atoms with E-state index >= 15 is 0 Å². The number of carbonyl (C=O) groups excluding carboxylic acids is 2. The predicted octanol–water partition coefficient (Wildman–Crippen LogP) is 7.42. The van der Waals surface area contributed by atoms with Crippen molar-refractivity contribution in [1.29, 1.82) is 0 Å². The van der Waals surface area contributed by atoms with Gasteiger partial charge in [0.2, 0.25) is 11.8 Å². The highest BCUT2D eigenvalue weighted by molar-refractivity contribution is 6.00. The number of anilines is 1. The molecule has 6 nitrogen and oxygen atoms in total. The molecule has 3 aromatic rings. The molecular formula is C32H41N3O3. The molecule has 6 heteroatoms. The van der Waals surface area contributed by atoms with Crippen LogP contribution in [0.5, 0.6) is 0 Å². The van der Waals surface area contributed by atoms with Crippen LogP contribution in [0.25, 0.3) is 5.69 Å². The van der Waals surface area contributed by atoms with E-state index in [1.807, 2.05) is 64.5 Å². The standard InChI is InChI=1S/C32H41N3O3/c1-2-3-4-5-6-7-8-9-10-19-30(36)34(25-20-21-25)24-31(37)35-27-16-12-11-15-26(27)33-22-13-17-28(33)32(35)29-18-14-23-38-29/h11-18,22-23,25,32H,2-10,19-21,24H2,1H3. The molecule has 0 spiro atoms. The zero-order valence-corrected chi connectivity index (χ0v) is 22.7. The Kier molecular flexibility index (Phi) is 8.67. The predicted molar refractivity (Wildman–Crippen MR) is 150 cm³/mol. The summed E-state index contributed by atoms with van der Waals surface area (Å²) >= 11 is 0. The number of hydrogen-bond donors (Lipinski definition) is 0. The molecule has 1 unspecified atom stereocenters. The van der Waals surface area contributed by atoms with Crippen LogP contribution in [0, 0.1) is 0 Å². The van der Waals surface area contributed by atoms with Gasteiger partial charge in [-0.15, -0.1) is 0 Å². The van der Waals surface area contributed by atoms with Crippen LogP contribution in [-0.2, 0) is 9.59 Å². The fraction of sp³-hybridized carbons (Fsp3) is 0.500. The van der Waals surface area contributed by atoms with Gasteiger partial charge in [0.1, 0.15) is 18.3 Å². The number of carbonyl (C=O) groups is 2. The second kappa shape index (κ2) is 12.5. The van der Waals surface area contributed by atoms with Gasteiger partial charge in [0.05, 0.1) is 23.3 Å². The van der Waals surface area contributed by atoms with Crippen LogP contribution < -0.4 is 4.90 Å². The van der Waals surface area contributed by atoms with Crippen LogP contribution in [-0.4, -0.2) is 33.9 Å². The summed E-state index contributed by atoms with van der Waals surface area (Å²) in [5.74, 6) is 0.762. The molecule has 0 N–H and O–H groups in total. The number of para-hydroxylation sites is 2. The molecule has 3 heterocycles. The Balaban J connectivity index is 1.25. The summed E-state index contributed by atoms with van der Waals surface area (Å²) in [5.41, 5.74) is 2.78. The maximum atomic E-state index is 14.0. The van der Waals surface area contributed by atoms with Gasteiger partial charge in [0.25, 0.3) is 0 Å². The molecule has 202 valence electrons. The minimum atomic E-state index is -0.379. The maximum absolute atomic E-state index is 14.0. The Morgan fingerprint density at radius 2 is 1.58 bits per heavy atom. The maximum Gasteiger partial charge on any atom is 0.247 e. The van der Waals surface area contributed by atoms with Crippen LogP contribution in [0.4, 0.5) is 5.69 Å². The molecule has 1 atom stereocenters. The van der Waals surface area contributed by atoms with Gasteiger partial charge in [-0.1, -0.05) is 70.4 Å². The highest BCUT2D eigenvalue weighted by Crippen LogP contribution is 2.42. The number of unbranched alkanes of at least 4 members (excludes halogenated alkanes) is 8. The Morgan fingerprint density at radius 1 is 0.868 bits per heavy atom. The van der Waals surface area contributed by atoms with Crippen LogP contribution in [0.2, 0.25) is 0 Å². The van der Waals surface area contributed by atoms with Gasteiger partial charge in [0, 0.05) is 18.7 Å². The van der Waals surface area contributed by atoms with Crippen molar-refractivity contribution < 1.29 is 14.0 Å². The first-order valence-corrected chi connectivity index (χ1v) is 14.6. The third kappa shape index (κ3) is 5.90. The third-order valence-corrected chi connectivity index (χ3v) is 7.91.